The van der Waals surface area contributed by atoms with Crippen molar-refractivity contribution in [3.8, 4) is 17.2 Å². The van der Waals surface area contributed by atoms with Crippen LogP contribution in [0.2, 0.25) is 0 Å². The fourth-order valence-corrected chi connectivity index (χ4v) is 4.92. The maximum Gasteiger partial charge on any atom is 0.130 e. The molecule has 1 saturated carbocycles. The molecule has 3 rings (SSSR count). The summed E-state index contributed by atoms with van der Waals surface area (Å²) in [6, 6.07) is 4.25. The molecule has 1 aliphatic carbocycles. The molecule has 1 aromatic rings. The molecule has 164 valence electrons. The predicted octanol–water partition coefficient (Wildman–Crippen LogP) is 3.16. The van der Waals surface area contributed by atoms with E-state index in [1.165, 1.54) is 38.6 Å². The van der Waals surface area contributed by atoms with Crippen LogP contribution in [0.1, 0.15) is 44.1 Å². The highest BCUT2D eigenvalue weighted by Crippen LogP contribution is 2.35. The van der Waals surface area contributed by atoms with E-state index < -0.39 is 0 Å². The van der Waals surface area contributed by atoms with Crippen LogP contribution in [0.4, 0.5) is 0 Å². The molecule has 29 heavy (non-hydrogen) atoms. The minimum absolute atomic E-state index is 0.245. The molecule has 2 aliphatic rings. The van der Waals surface area contributed by atoms with Gasteiger partial charge in [-0.05, 0) is 25.2 Å². The quantitative estimate of drug-likeness (QED) is 0.680. The number of aliphatic hydroxyl groups is 1. The minimum atomic E-state index is 0.245. The summed E-state index contributed by atoms with van der Waals surface area (Å²) in [6.45, 7) is 5.25. The van der Waals surface area contributed by atoms with Gasteiger partial charge in [0.1, 0.15) is 17.2 Å². The summed E-state index contributed by atoms with van der Waals surface area (Å²) in [4.78, 5) is 5.09. The smallest absolute Gasteiger partial charge is 0.130 e. The summed E-state index contributed by atoms with van der Waals surface area (Å²) in [5.41, 5.74) is 1.05. The Morgan fingerprint density at radius 3 is 2.24 bits per heavy atom. The highest BCUT2D eigenvalue weighted by atomic mass is 16.5. The standard InChI is InChI=1S/C23H38N2O4/c1-27-20-13-22(28-2)21(23(14-20)29-3)17-24-10-11-25(19(16-24)9-12-26)15-18-7-5-4-6-8-18/h13-14,18-19,26H,4-12,15-17H2,1-3H3. The van der Waals surface area contributed by atoms with Crippen LogP contribution >= 0.6 is 0 Å². The second-order valence-corrected chi connectivity index (χ2v) is 8.41. The first kappa shape index (κ1) is 22.2. The molecule has 1 heterocycles. The number of nitrogens with zero attached hydrogens (tertiary/aromatic N) is 2. The lowest BCUT2D eigenvalue weighted by atomic mass is 9.88. The predicted molar refractivity (Wildman–Crippen MR) is 115 cm³/mol. The molecule has 0 radical (unpaired) electrons. The molecular weight excluding hydrogens is 368 g/mol. The van der Waals surface area contributed by atoms with Crippen molar-refractivity contribution in [2.75, 3.05) is 54.1 Å². The maximum absolute atomic E-state index is 9.64. The molecule has 1 atom stereocenters. The largest absolute Gasteiger partial charge is 0.496 e. The van der Waals surface area contributed by atoms with Crippen molar-refractivity contribution in [3.63, 3.8) is 0 Å². The summed E-state index contributed by atoms with van der Waals surface area (Å²) in [6.07, 6.45) is 7.73. The van der Waals surface area contributed by atoms with Crippen LogP contribution in [0.3, 0.4) is 0 Å². The average molecular weight is 407 g/mol. The van der Waals surface area contributed by atoms with Gasteiger partial charge in [0, 0.05) is 57.5 Å². The first-order valence-corrected chi connectivity index (χ1v) is 11.0. The minimum Gasteiger partial charge on any atom is -0.496 e. The Balaban J connectivity index is 1.68. The van der Waals surface area contributed by atoms with E-state index in [1.54, 1.807) is 21.3 Å². The Bertz CT molecular complexity index is 608. The van der Waals surface area contributed by atoms with E-state index in [-0.39, 0.29) is 6.61 Å². The Hall–Kier alpha value is -1.50. The topological polar surface area (TPSA) is 54.4 Å². The molecule has 1 unspecified atom stereocenters. The van der Waals surface area contributed by atoms with E-state index in [1.807, 2.05) is 12.1 Å². The van der Waals surface area contributed by atoms with Gasteiger partial charge in [-0.15, -0.1) is 0 Å². The SMILES string of the molecule is COc1cc(OC)c(CN2CCN(CC3CCCCC3)C(CCO)C2)c(OC)c1. The molecule has 6 nitrogen and oxygen atoms in total. The third kappa shape index (κ3) is 5.77. The molecule has 1 aromatic carbocycles. The zero-order chi connectivity index (χ0) is 20.6. The van der Waals surface area contributed by atoms with Crippen LogP contribution < -0.4 is 14.2 Å². The Morgan fingerprint density at radius 1 is 0.966 bits per heavy atom. The van der Waals surface area contributed by atoms with Gasteiger partial charge < -0.3 is 19.3 Å². The number of hydrogen-bond acceptors (Lipinski definition) is 6. The molecule has 0 bridgehead atoms. The van der Waals surface area contributed by atoms with Crippen molar-refractivity contribution >= 4 is 0 Å². The maximum atomic E-state index is 9.64. The molecule has 1 N–H and O–H groups in total. The van der Waals surface area contributed by atoms with Gasteiger partial charge in [0.15, 0.2) is 0 Å². The van der Waals surface area contributed by atoms with Gasteiger partial charge in [0.2, 0.25) is 0 Å². The number of aliphatic hydroxyl groups excluding tert-OH is 1. The lowest BCUT2D eigenvalue weighted by molar-refractivity contribution is 0.0394. The van der Waals surface area contributed by atoms with Crippen molar-refractivity contribution < 1.29 is 19.3 Å². The zero-order valence-electron chi connectivity index (χ0n) is 18.4. The van der Waals surface area contributed by atoms with Gasteiger partial charge in [0.25, 0.3) is 0 Å². The van der Waals surface area contributed by atoms with Crippen LogP contribution in [-0.2, 0) is 6.54 Å². The summed E-state index contributed by atoms with van der Waals surface area (Å²) >= 11 is 0. The van der Waals surface area contributed by atoms with E-state index in [0.29, 0.717) is 6.04 Å². The fraction of sp³-hybridized carbons (Fsp3) is 0.739. The first-order valence-electron chi connectivity index (χ1n) is 11.0. The van der Waals surface area contributed by atoms with E-state index in [2.05, 4.69) is 9.80 Å². The number of ether oxygens (including phenoxy) is 3. The molecule has 0 amide bonds. The lowest BCUT2D eigenvalue weighted by Crippen LogP contribution is -2.54. The van der Waals surface area contributed by atoms with Gasteiger partial charge in [-0.1, -0.05) is 19.3 Å². The van der Waals surface area contributed by atoms with Gasteiger partial charge >= 0.3 is 0 Å². The molecule has 1 saturated heterocycles. The number of hydrogen-bond donors (Lipinski definition) is 1. The van der Waals surface area contributed by atoms with Crippen LogP contribution in [0.15, 0.2) is 12.1 Å². The second-order valence-electron chi connectivity index (χ2n) is 8.41. The summed E-state index contributed by atoms with van der Waals surface area (Å²) < 4.78 is 16.6. The van der Waals surface area contributed by atoms with Crippen LogP contribution in [0.5, 0.6) is 17.2 Å². The van der Waals surface area contributed by atoms with E-state index in [9.17, 15) is 5.11 Å². The third-order valence-corrected chi connectivity index (χ3v) is 6.57. The van der Waals surface area contributed by atoms with Gasteiger partial charge in [-0.2, -0.15) is 0 Å². The Morgan fingerprint density at radius 2 is 1.66 bits per heavy atom. The lowest BCUT2D eigenvalue weighted by Gasteiger charge is -2.43. The summed E-state index contributed by atoms with van der Waals surface area (Å²) in [5, 5.41) is 9.64. The summed E-state index contributed by atoms with van der Waals surface area (Å²) in [7, 11) is 5.03. The zero-order valence-corrected chi connectivity index (χ0v) is 18.4. The Kier molecular flexibility index (Phi) is 8.45. The van der Waals surface area contributed by atoms with Crippen LogP contribution in [0.25, 0.3) is 0 Å². The Labute approximate surface area is 175 Å². The van der Waals surface area contributed by atoms with Crippen LogP contribution in [0, 0.1) is 5.92 Å². The van der Waals surface area contributed by atoms with E-state index in [4.69, 9.17) is 14.2 Å². The van der Waals surface area contributed by atoms with Crippen molar-refractivity contribution in [1.29, 1.82) is 0 Å². The normalized spacial score (nSPS) is 21.9. The van der Waals surface area contributed by atoms with Crippen LogP contribution in [-0.4, -0.2) is 75.1 Å². The molecule has 6 heteroatoms. The fourth-order valence-electron chi connectivity index (χ4n) is 4.92. The number of methoxy groups -OCH3 is 3. The van der Waals surface area contributed by atoms with Crippen molar-refractivity contribution in [1.82, 2.24) is 9.80 Å². The van der Waals surface area contributed by atoms with Crippen molar-refractivity contribution in [3.05, 3.63) is 17.7 Å². The third-order valence-electron chi connectivity index (χ3n) is 6.57. The van der Waals surface area contributed by atoms with Gasteiger partial charge in [0.05, 0.1) is 26.9 Å². The van der Waals surface area contributed by atoms with Gasteiger partial charge in [-0.3, -0.25) is 9.80 Å². The monoisotopic (exact) mass is 406 g/mol. The molecule has 0 aromatic heterocycles. The number of piperazine rings is 1. The van der Waals surface area contributed by atoms with Crippen molar-refractivity contribution in [2.45, 2.75) is 51.1 Å². The molecule has 0 spiro atoms. The number of benzene rings is 1. The number of rotatable bonds is 9. The molecule has 1 aliphatic heterocycles. The molecular formula is C23H38N2O4. The average Bonchev–Trinajstić information content (AvgIpc) is 2.76. The van der Waals surface area contributed by atoms with Gasteiger partial charge in [-0.25, -0.2) is 0 Å². The highest BCUT2D eigenvalue weighted by molar-refractivity contribution is 5.50. The first-order chi connectivity index (χ1) is 14.2. The summed E-state index contributed by atoms with van der Waals surface area (Å²) in [5.74, 6) is 3.16. The van der Waals surface area contributed by atoms with E-state index in [0.717, 1.165) is 61.3 Å². The highest BCUT2D eigenvalue weighted by Gasteiger charge is 2.30. The second kappa shape index (κ2) is 11.0. The molecule has 2 fully saturated rings. The van der Waals surface area contributed by atoms with Crippen molar-refractivity contribution in [2.24, 2.45) is 5.92 Å². The van der Waals surface area contributed by atoms with E-state index >= 15 is 0 Å².